The van der Waals surface area contributed by atoms with Crippen LogP contribution in [-0.2, 0) is 4.79 Å². The van der Waals surface area contributed by atoms with E-state index in [1.807, 2.05) is 17.9 Å². The summed E-state index contributed by atoms with van der Waals surface area (Å²) >= 11 is 0. The Balaban J connectivity index is 1.31. The van der Waals surface area contributed by atoms with Crippen molar-refractivity contribution >= 4 is 17.6 Å². The molecule has 7 nitrogen and oxygen atoms in total. The number of anilines is 1. The summed E-state index contributed by atoms with van der Waals surface area (Å²) in [5.74, 6) is 0.657. The summed E-state index contributed by atoms with van der Waals surface area (Å²) < 4.78 is 13.1. The van der Waals surface area contributed by atoms with E-state index in [2.05, 4.69) is 14.9 Å². The third-order valence-corrected chi connectivity index (χ3v) is 6.14. The van der Waals surface area contributed by atoms with Gasteiger partial charge in [0.15, 0.2) is 0 Å². The van der Waals surface area contributed by atoms with Gasteiger partial charge < -0.3 is 14.7 Å². The summed E-state index contributed by atoms with van der Waals surface area (Å²) in [6.07, 6.45) is 3.93. The van der Waals surface area contributed by atoms with Gasteiger partial charge in [-0.3, -0.25) is 9.59 Å². The van der Waals surface area contributed by atoms with Crippen LogP contribution in [0.3, 0.4) is 0 Å². The molecule has 2 aliphatic rings. The molecule has 2 saturated heterocycles. The molecule has 2 aromatic rings. The van der Waals surface area contributed by atoms with Gasteiger partial charge in [-0.05, 0) is 50.5 Å². The van der Waals surface area contributed by atoms with E-state index in [1.54, 1.807) is 11.2 Å². The number of piperidine rings is 1. The van der Waals surface area contributed by atoms with Gasteiger partial charge in [-0.2, -0.15) is 0 Å². The van der Waals surface area contributed by atoms with Crippen molar-refractivity contribution in [2.75, 3.05) is 44.2 Å². The number of halogens is 1. The fourth-order valence-corrected chi connectivity index (χ4v) is 4.34. The molecule has 2 fully saturated rings. The van der Waals surface area contributed by atoms with Gasteiger partial charge in [-0.15, -0.1) is 0 Å². The number of nitrogens with zero attached hydrogens (tertiary/aromatic N) is 5. The van der Waals surface area contributed by atoms with Crippen LogP contribution in [0.15, 0.2) is 36.7 Å². The van der Waals surface area contributed by atoms with E-state index in [-0.39, 0.29) is 23.5 Å². The van der Waals surface area contributed by atoms with Crippen molar-refractivity contribution in [1.82, 2.24) is 19.8 Å². The summed E-state index contributed by atoms with van der Waals surface area (Å²) in [4.78, 5) is 40.2. The van der Waals surface area contributed by atoms with E-state index in [9.17, 15) is 14.0 Å². The van der Waals surface area contributed by atoms with Crippen LogP contribution in [0, 0.1) is 18.7 Å². The third kappa shape index (κ3) is 5.00. The van der Waals surface area contributed by atoms with Gasteiger partial charge in [0.25, 0.3) is 5.91 Å². The molecule has 0 N–H and O–H groups in total. The summed E-state index contributed by atoms with van der Waals surface area (Å²) in [5.41, 5.74) is 1.42. The maximum Gasteiger partial charge on any atom is 0.253 e. The Labute approximate surface area is 181 Å². The van der Waals surface area contributed by atoms with Crippen LogP contribution in [0.5, 0.6) is 0 Å². The fourth-order valence-electron chi connectivity index (χ4n) is 4.34. The second-order valence-electron chi connectivity index (χ2n) is 8.26. The molecule has 0 unspecified atom stereocenters. The van der Waals surface area contributed by atoms with E-state index >= 15 is 0 Å². The van der Waals surface area contributed by atoms with Crippen LogP contribution in [0.1, 0.15) is 35.3 Å². The van der Waals surface area contributed by atoms with Crippen LogP contribution in [0.2, 0.25) is 0 Å². The lowest BCUT2D eigenvalue weighted by Crippen LogP contribution is -2.44. The number of amides is 2. The predicted molar refractivity (Wildman–Crippen MR) is 115 cm³/mol. The second-order valence-corrected chi connectivity index (χ2v) is 8.26. The lowest BCUT2D eigenvalue weighted by Gasteiger charge is -2.34. The van der Waals surface area contributed by atoms with E-state index in [4.69, 9.17) is 0 Å². The molecule has 3 heterocycles. The van der Waals surface area contributed by atoms with Gasteiger partial charge in [-0.25, -0.2) is 14.4 Å². The first-order chi connectivity index (χ1) is 15.0. The van der Waals surface area contributed by atoms with Crippen molar-refractivity contribution in [3.05, 3.63) is 53.7 Å². The zero-order valence-corrected chi connectivity index (χ0v) is 17.8. The molecule has 2 amide bonds. The molecule has 1 aromatic heterocycles. The smallest absolute Gasteiger partial charge is 0.253 e. The highest BCUT2D eigenvalue weighted by Crippen LogP contribution is 2.24. The molecule has 164 valence electrons. The Kier molecular flexibility index (Phi) is 6.44. The molecule has 0 aliphatic carbocycles. The first-order valence-corrected chi connectivity index (χ1v) is 10.9. The summed E-state index contributed by atoms with van der Waals surface area (Å²) in [6.45, 7) is 5.86. The lowest BCUT2D eigenvalue weighted by molar-refractivity contribution is -0.136. The number of hydrogen-bond donors (Lipinski definition) is 0. The second kappa shape index (κ2) is 9.41. The highest BCUT2D eigenvalue weighted by Gasteiger charge is 2.30. The summed E-state index contributed by atoms with van der Waals surface area (Å²) in [6, 6.07) is 7.60. The number of carbonyl (C=O) groups excluding carboxylic acids is 2. The number of aromatic nitrogens is 2. The molecule has 2 aliphatic heterocycles. The summed E-state index contributed by atoms with van der Waals surface area (Å²) in [5, 5.41) is 0. The molecule has 0 radical (unpaired) electrons. The normalized spacial score (nSPS) is 18.1. The van der Waals surface area contributed by atoms with E-state index in [1.165, 1.54) is 24.3 Å². The predicted octanol–water partition coefficient (Wildman–Crippen LogP) is 2.52. The van der Waals surface area contributed by atoms with Gasteiger partial charge >= 0.3 is 0 Å². The first kappa shape index (κ1) is 21.2. The standard InChI is InChI=1S/C23H28FN5O2/c1-17-15-21(26-16-25-17)27-11-7-19(8-12-27)23(31)29-10-2-9-28(13-14-29)22(30)18-3-5-20(24)6-4-18/h3-6,15-16,19H,2,7-14H2,1H3. The Morgan fingerprint density at radius 3 is 2.32 bits per heavy atom. The Hall–Kier alpha value is -3.03. The van der Waals surface area contributed by atoms with Crippen LogP contribution in [-0.4, -0.2) is 70.9 Å². The van der Waals surface area contributed by atoms with Crippen molar-refractivity contribution < 1.29 is 14.0 Å². The quantitative estimate of drug-likeness (QED) is 0.756. The molecule has 8 heteroatoms. The van der Waals surface area contributed by atoms with E-state index < -0.39 is 0 Å². The molecule has 0 bridgehead atoms. The average Bonchev–Trinajstić information content (AvgIpc) is 3.05. The zero-order valence-electron chi connectivity index (χ0n) is 17.8. The van der Waals surface area contributed by atoms with Crippen molar-refractivity contribution in [2.24, 2.45) is 5.92 Å². The monoisotopic (exact) mass is 425 g/mol. The van der Waals surface area contributed by atoms with Crippen molar-refractivity contribution in [2.45, 2.75) is 26.2 Å². The van der Waals surface area contributed by atoms with Crippen molar-refractivity contribution in [3.63, 3.8) is 0 Å². The minimum absolute atomic E-state index is 0.0125. The number of aryl methyl sites for hydroxylation is 1. The number of hydrogen-bond acceptors (Lipinski definition) is 5. The minimum Gasteiger partial charge on any atom is -0.356 e. The van der Waals surface area contributed by atoms with Gasteiger partial charge in [0, 0.05) is 62.5 Å². The molecule has 31 heavy (non-hydrogen) atoms. The molecule has 4 rings (SSSR count). The zero-order chi connectivity index (χ0) is 21.8. The fraction of sp³-hybridized carbons (Fsp3) is 0.478. The lowest BCUT2D eigenvalue weighted by atomic mass is 9.95. The highest BCUT2D eigenvalue weighted by molar-refractivity contribution is 5.94. The summed E-state index contributed by atoms with van der Waals surface area (Å²) in [7, 11) is 0. The minimum atomic E-state index is -0.356. The number of carbonyl (C=O) groups is 2. The van der Waals surface area contributed by atoms with Gasteiger partial charge in [-0.1, -0.05) is 0 Å². The molecular formula is C23H28FN5O2. The third-order valence-electron chi connectivity index (χ3n) is 6.14. The van der Waals surface area contributed by atoms with E-state index in [0.717, 1.165) is 43.9 Å². The molecule has 0 spiro atoms. The van der Waals surface area contributed by atoms with Gasteiger partial charge in [0.2, 0.25) is 5.91 Å². The Morgan fingerprint density at radius 2 is 1.61 bits per heavy atom. The van der Waals surface area contributed by atoms with Crippen LogP contribution >= 0.6 is 0 Å². The van der Waals surface area contributed by atoms with Crippen LogP contribution in [0.25, 0.3) is 0 Å². The topological polar surface area (TPSA) is 69.6 Å². The van der Waals surface area contributed by atoms with E-state index in [0.29, 0.717) is 31.7 Å². The maximum absolute atomic E-state index is 13.1. The van der Waals surface area contributed by atoms with Gasteiger partial charge in [0.1, 0.15) is 18.0 Å². The van der Waals surface area contributed by atoms with Crippen molar-refractivity contribution in [1.29, 1.82) is 0 Å². The highest BCUT2D eigenvalue weighted by atomic mass is 19.1. The Morgan fingerprint density at radius 1 is 0.935 bits per heavy atom. The van der Waals surface area contributed by atoms with Crippen molar-refractivity contribution in [3.8, 4) is 0 Å². The SMILES string of the molecule is Cc1cc(N2CCC(C(=O)N3CCCN(C(=O)c4ccc(F)cc4)CC3)CC2)ncn1. The molecular weight excluding hydrogens is 397 g/mol. The Bertz CT molecular complexity index is 928. The molecule has 0 atom stereocenters. The molecule has 1 aromatic carbocycles. The average molecular weight is 426 g/mol. The van der Waals surface area contributed by atoms with Crippen LogP contribution in [0.4, 0.5) is 10.2 Å². The number of benzene rings is 1. The maximum atomic E-state index is 13.1. The molecule has 0 saturated carbocycles. The van der Waals surface area contributed by atoms with Gasteiger partial charge in [0.05, 0.1) is 0 Å². The van der Waals surface area contributed by atoms with Crippen LogP contribution < -0.4 is 4.90 Å². The number of rotatable bonds is 3. The first-order valence-electron chi connectivity index (χ1n) is 10.9. The largest absolute Gasteiger partial charge is 0.356 e.